The Kier molecular flexibility index (Phi) is 5.49. The second kappa shape index (κ2) is 8.82. The van der Waals surface area contributed by atoms with E-state index in [-0.39, 0.29) is 11.8 Å². The van der Waals surface area contributed by atoms with Gasteiger partial charge < -0.3 is 14.6 Å². The fraction of sp³-hybridized carbons (Fsp3) is 0.250. The lowest BCUT2D eigenvalue weighted by molar-refractivity contribution is -0.125. The molecule has 1 aliphatic carbocycles. The van der Waals surface area contributed by atoms with Crippen molar-refractivity contribution in [1.29, 1.82) is 0 Å². The molecule has 0 saturated carbocycles. The summed E-state index contributed by atoms with van der Waals surface area (Å²) >= 11 is 1.63. The molecule has 4 aromatic rings. The number of nitrogens with one attached hydrogen (secondary N) is 1. The van der Waals surface area contributed by atoms with Crippen LogP contribution in [0, 0.1) is 0 Å². The van der Waals surface area contributed by atoms with E-state index in [1.54, 1.807) is 29.5 Å². The molecule has 2 aromatic carbocycles. The Morgan fingerprint density at radius 3 is 2.94 bits per heavy atom. The molecule has 2 aromatic heterocycles. The number of aromatic nitrogens is 1. The van der Waals surface area contributed by atoms with E-state index >= 15 is 0 Å². The predicted molar refractivity (Wildman–Crippen MR) is 136 cm³/mol. The minimum absolute atomic E-state index is 0.153. The number of amides is 2. The second-order valence-corrected chi connectivity index (χ2v) is 10.00. The number of carbonyl (C=O) groups excluding carboxylic acids is 2. The first-order chi connectivity index (χ1) is 17.1. The van der Waals surface area contributed by atoms with Gasteiger partial charge in [-0.2, -0.15) is 0 Å². The first kappa shape index (κ1) is 21.8. The third kappa shape index (κ3) is 3.86. The van der Waals surface area contributed by atoms with Crippen LogP contribution >= 0.6 is 11.3 Å². The van der Waals surface area contributed by atoms with Gasteiger partial charge in [0, 0.05) is 25.6 Å². The molecule has 1 atom stereocenters. The lowest BCUT2D eigenvalue weighted by Crippen LogP contribution is -2.51. The number of rotatable bonds is 5. The van der Waals surface area contributed by atoms with Gasteiger partial charge in [0.05, 0.1) is 22.0 Å². The Bertz CT molecular complexity index is 1480. The predicted octanol–water partition coefficient (Wildman–Crippen LogP) is 4.64. The maximum absolute atomic E-state index is 13.7. The van der Waals surface area contributed by atoms with E-state index in [9.17, 15) is 9.59 Å². The van der Waals surface area contributed by atoms with Gasteiger partial charge in [-0.1, -0.05) is 30.3 Å². The maximum Gasteiger partial charge on any atom is 0.290 e. The van der Waals surface area contributed by atoms with Crippen molar-refractivity contribution in [3.8, 4) is 0 Å². The average Bonchev–Trinajstić information content (AvgIpc) is 3.63. The summed E-state index contributed by atoms with van der Waals surface area (Å²) in [5.74, 6) is -0.0448. The van der Waals surface area contributed by atoms with E-state index in [0.717, 1.165) is 28.6 Å². The molecule has 1 N–H and O–H groups in total. The number of fused-ring (bicyclic) bond motifs is 3. The van der Waals surface area contributed by atoms with Crippen LogP contribution in [0.1, 0.15) is 39.2 Å². The van der Waals surface area contributed by atoms with Crippen molar-refractivity contribution < 1.29 is 14.0 Å². The van der Waals surface area contributed by atoms with Crippen molar-refractivity contribution in [3.05, 3.63) is 93.9 Å². The van der Waals surface area contributed by atoms with E-state index in [1.165, 1.54) is 27.8 Å². The molecule has 6 nitrogen and oxygen atoms in total. The van der Waals surface area contributed by atoms with Gasteiger partial charge in [0.1, 0.15) is 6.04 Å². The Hall–Kier alpha value is -3.71. The molecule has 7 heteroatoms. The Morgan fingerprint density at radius 2 is 2.06 bits per heavy atom. The van der Waals surface area contributed by atoms with Crippen LogP contribution in [0.5, 0.6) is 0 Å². The Labute approximate surface area is 207 Å². The number of hydrogen-bond acceptors (Lipinski definition) is 5. The van der Waals surface area contributed by atoms with Gasteiger partial charge >= 0.3 is 0 Å². The number of furan rings is 1. The second-order valence-electron chi connectivity index (χ2n) is 9.11. The van der Waals surface area contributed by atoms with E-state index in [2.05, 4.69) is 34.6 Å². The minimum atomic E-state index is -0.566. The van der Waals surface area contributed by atoms with Crippen molar-refractivity contribution in [2.24, 2.45) is 0 Å². The van der Waals surface area contributed by atoms with Gasteiger partial charge in [-0.25, -0.2) is 4.98 Å². The molecule has 176 valence electrons. The third-order valence-corrected chi connectivity index (χ3v) is 7.93. The van der Waals surface area contributed by atoms with E-state index in [4.69, 9.17) is 4.42 Å². The highest BCUT2D eigenvalue weighted by Gasteiger charge is 2.39. The smallest absolute Gasteiger partial charge is 0.290 e. The number of aryl methyl sites for hydroxylation is 2. The normalized spacial score (nSPS) is 16.9. The molecule has 0 fully saturated rings. The van der Waals surface area contributed by atoms with Crippen LogP contribution in [0.15, 0.2) is 70.3 Å². The summed E-state index contributed by atoms with van der Waals surface area (Å²) in [6.07, 6.45) is 4.38. The zero-order valence-electron chi connectivity index (χ0n) is 19.4. The summed E-state index contributed by atoms with van der Waals surface area (Å²) < 4.78 is 6.88. The first-order valence-electron chi connectivity index (χ1n) is 11.8. The number of hydrogen-bond donors (Lipinski definition) is 1. The van der Waals surface area contributed by atoms with E-state index < -0.39 is 6.04 Å². The molecule has 0 bridgehead atoms. The van der Waals surface area contributed by atoms with E-state index in [0.29, 0.717) is 25.1 Å². The number of likely N-dealkylation sites (N-methyl/N-ethyl adjacent to an activating group) is 1. The molecule has 0 radical (unpaired) electrons. The molecule has 35 heavy (non-hydrogen) atoms. The standard InChI is InChI=1S/C28H25N3O3S/c1-29-27(32)24-14-22-20(13-19-4-2-3-5-21(19)22)15-31(24)28(33)26-18(10-11-34-26)8-6-17-7-9-23-25(12-17)35-16-30-23/h2-5,7,9-12,16,24H,6,8,13-15H2,1H3,(H,29,32)/t24-/m1/s1. The van der Waals surface area contributed by atoms with Crippen molar-refractivity contribution >= 4 is 38.9 Å². The molecule has 0 spiro atoms. The summed E-state index contributed by atoms with van der Waals surface area (Å²) in [6.45, 7) is 0.434. The fourth-order valence-electron chi connectivity index (χ4n) is 5.32. The highest BCUT2D eigenvalue weighted by atomic mass is 32.1. The van der Waals surface area contributed by atoms with Gasteiger partial charge in [0.25, 0.3) is 5.91 Å². The van der Waals surface area contributed by atoms with Crippen LogP contribution < -0.4 is 5.32 Å². The monoisotopic (exact) mass is 483 g/mol. The van der Waals surface area contributed by atoms with Crippen LogP contribution in [0.25, 0.3) is 15.8 Å². The quantitative estimate of drug-likeness (QED) is 0.449. The summed E-state index contributed by atoms with van der Waals surface area (Å²) in [4.78, 5) is 32.6. The molecular weight excluding hydrogens is 458 g/mol. The summed E-state index contributed by atoms with van der Waals surface area (Å²) in [5, 5.41) is 2.75. The molecular formula is C28H25N3O3S. The summed E-state index contributed by atoms with van der Waals surface area (Å²) in [6, 6.07) is 15.9. The molecule has 1 aliphatic heterocycles. The molecule has 0 saturated heterocycles. The average molecular weight is 484 g/mol. The van der Waals surface area contributed by atoms with Crippen molar-refractivity contribution in [2.45, 2.75) is 31.7 Å². The maximum atomic E-state index is 13.7. The molecule has 3 heterocycles. The fourth-order valence-corrected chi connectivity index (χ4v) is 6.06. The van der Waals surface area contributed by atoms with Gasteiger partial charge in [-0.05, 0) is 65.3 Å². The van der Waals surface area contributed by atoms with Crippen molar-refractivity contribution in [1.82, 2.24) is 15.2 Å². The van der Waals surface area contributed by atoms with Crippen LogP contribution in [0.3, 0.4) is 0 Å². The minimum Gasteiger partial charge on any atom is -0.459 e. The summed E-state index contributed by atoms with van der Waals surface area (Å²) in [5.41, 5.74) is 9.81. The number of benzene rings is 2. The largest absolute Gasteiger partial charge is 0.459 e. The summed E-state index contributed by atoms with van der Waals surface area (Å²) in [7, 11) is 1.62. The lowest BCUT2D eigenvalue weighted by atomic mass is 9.92. The van der Waals surface area contributed by atoms with Crippen LogP contribution in [-0.2, 0) is 24.1 Å². The highest BCUT2D eigenvalue weighted by molar-refractivity contribution is 7.16. The first-order valence-corrected chi connectivity index (χ1v) is 12.7. The molecule has 2 amide bonds. The van der Waals surface area contributed by atoms with Gasteiger partial charge in [0.2, 0.25) is 5.91 Å². The molecule has 0 unspecified atom stereocenters. The van der Waals surface area contributed by atoms with Gasteiger partial charge in [0.15, 0.2) is 5.76 Å². The highest BCUT2D eigenvalue weighted by Crippen LogP contribution is 2.40. The van der Waals surface area contributed by atoms with Crippen LogP contribution in [0.2, 0.25) is 0 Å². The van der Waals surface area contributed by atoms with Gasteiger partial charge in [-0.3, -0.25) is 9.59 Å². The Balaban J connectivity index is 1.25. The molecule has 6 rings (SSSR count). The zero-order valence-corrected chi connectivity index (χ0v) is 20.2. The third-order valence-electron chi connectivity index (χ3n) is 7.14. The van der Waals surface area contributed by atoms with E-state index in [1.807, 2.05) is 29.8 Å². The Morgan fingerprint density at radius 1 is 1.17 bits per heavy atom. The van der Waals surface area contributed by atoms with Crippen LogP contribution in [-0.4, -0.2) is 41.3 Å². The zero-order chi connectivity index (χ0) is 23.9. The van der Waals surface area contributed by atoms with Crippen molar-refractivity contribution in [2.75, 3.05) is 13.6 Å². The van der Waals surface area contributed by atoms with Crippen molar-refractivity contribution in [3.63, 3.8) is 0 Å². The van der Waals surface area contributed by atoms with Crippen LogP contribution in [0.4, 0.5) is 0 Å². The SMILES string of the molecule is CNC(=O)[C@H]1CC2=C(Cc3ccccc32)CN1C(=O)c1occc1CCc1ccc2ncsc2c1. The number of carbonyl (C=O) groups is 2. The van der Waals surface area contributed by atoms with Gasteiger partial charge in [-0.15, -0.1) is 11.3 Å². The number of thiazole rings is 1. The lowest BCUT2D eigenvalue weighted by Gasteiger charge is -2.35. The molecule has 2 aliphatic rings. The number of nitrogens with zero attached hydrogens (tertiary/aromatic N) is 2. The topological polar surface area (TPSA) is 75.4 Å².